The molecule has 0 radical (unpaired) electrons. The van der Waals surface area contributed by atoms with Crippen LogP contribution in [0.2, 0.25) is 0 Å². The van der Waals surface area contributed by atoms with Gasteiger partial charge < -0.3 is 5.11 Å². The van der Waals surface area contributed by atoms with Crippen molar-refractivity contribution >= 4 is 0 Å². The standard InChI is InChI=1S/C18H30O/c1-4-5-6-7-8-9-10-11-18(19)17-14-15(2)12-13-16(17)3/h12-14,18-19H,4-11H2,1-3H3. The highest BCUT2D eigenvalue weighted by atomic mass is 16.3. The van der Waals surface area contributed by atoms with Crippen molar-refractivity contribution < 1.29 is 5.11 Å². The largest absolute Gasteiger partial charge is 0.388 e. The van der Waals surface area contributed by atoms with Crippen molar-refractivity contribution in [3.05, 3.63) is 34.9 Å². The lowest BCUT2D eigenvalue weighted by Crippen LogP contribution is -2.00. The molecule has 0 amide bonds. The Morgan fingerprint density at radius 2 is 1.58 bits per heavy atom. The minimum Gasteiger partial charge on any atom is -0.388 e. The molecular formula is C18H30O. The van der Waals surface area contributed by atoms with E-state index in [2.05, 4.69) is 39.0 Å². The average Bonchev–Trinajstić information content (AvgIpc) is 2.40. The van der Waals surface area contributed by atoms with Gasteiger partial charge in [0.2, 0.25) is 0 Å². The van der Waals surface area contributed by atoms with Gasteiger partial charge in [0.05, 0.1) is 6.10 Å². The summed E-state index contributed by atoms with van der Waals surface area (Å²) in [5, 5.41) is 10.3. The summed E-state index contributed by atoms with van der Waals surface area (Å²) in [6.07, 6.45) is 9.74. The molecule has 108 valence electrons. The van der Waals surface area contributed by atoms with E-state index in [0.717, 1.165) is 18.4 Å². The van der Waals surface area contributed by atoms with Crippen LogP contribution in [0.15, 0.2) is 18.2 Å². The van der Waals surface area contributed by atoms with Crippen molar-refractivity contribution in [2.75, 3.05) is 0 Å². The number of aliphatic hydroxyl groups is 1. The van der Waals surface area contributed by atoms with Crippen molar-refractivity contribution in [3.8, 4) is 0 Å². The molecule has 0 spiro atoms. The van der Waals surface area contributed by atoms with Gasteiger partial charge in [0.15, 0.2) is 0 Å². The Kier molecular flexibility index (Phi) is 7.81. The number of aryl methyl sites for hydroxylation is 2. The first-order valence-corrected chi connectivity index (χ1v) is 7.90. The number of unbranched alkanes of at least 4 members (excludes halogenated alkanes) is 6. The fraction of sp³-hybridized carbons (Fsp3) is 0.667. The van der Waals surface area contributed by atoms with Crippen LogP contribution in [0, 0.1) is 13.8 Å². The summed E-state index contributed by atoms with van der Waals surface area (Å²) in [7, 11) is 0. The topological polar surface area (TPSA) is 20.2 Å². The Bertz CT molecular complexity index is 357. The molecule has 0 aliphatic rings. The predicted octanol–water partition coefficient (Wildman–Crippen LogP) is 5.48. The second-order valence-corrected chi connectivity index (χ2v) is 5.79. The molecule has 0 aliphatic carbocycles. The van der Waals surface area contributed by atoms with E-state index in [1.165, 1.54) is 49.7 Å². The monoisotopic (exact) mass is 262 g/mol. The van der Waals surface area contributed by atoms with Crippen LogP contribution in [0.25, 0.3) is 0 Å². The number of rotatable bonds is 9. The first-order valence-electron chi connectivity index (χ1n) is 7.90. The number of hydrogen-bond donors (Lipinski definition) is 1. The van der Waals surface area contributed by atoms with Crippen LogP contribution >= 0.6 is 0 Å². The highest BCUT2D eigenvalue weighted by Crippen LogP contribution is 2.24. The zero-order valence-electron chi connectivity index (χ0n) is 12.9. The molecule has 0 aliphatic heterocycles. The molecule has 1 heteroatoms. The van der Waals surface area contributed by atoms with Gasteiger partial charge in [-0.15, -0.1) is 0 Å². The average molecular weight is 262 g/mol. The zero-order chi connectivity index (χ0) is 14.1. The molecule has 1 aromatic rings. The van der Waals surface area contributed by atoms with Crippen LogP contribution in [0.1, 0.15) is 81.1 Å². The zero-order valence-corrected chi connectivity index (χ0v) is 12.9. The predicted molar refractivity (Wildman–Crippen MR) is 83.5 cm³/mol. The van der Waals surface area contributed by atoms with Crippen LogP contribution in [-0.2, 0) is 0 Å². The smallest absolute Gasteiger partial charge is 0.0792 e. The molecule has 1 nitrogen and oxygen atoms in total. The quantitative estimate of drug-likeness (QED) is 0.584. The van der Waals surface area contributed by atoms with Gasteiger partial charge >= 0.3 is 0 Å². The lowest BCUT2D eigenvalue weighted by atomic mass is 9.97. The first kappa shape index (κ1) is 16.2. The maximum absolute atomic E-state index is 10.3. The molecule has 0 bridgehead atoms. The molecule has 0 heterocycles. The molecule has 1 unspecified atom stereocenters. The summed E-state index contributed by atoms with van der Waals surface area (Å²) in [5.41, 5.74) is 3.56. The maximum Gasteiger partial charge on any atom is 0.0792 e. The van der Waals surface area contributed by atoms with E-state index in [0.29, 0.717) is 0 Å². The Morgan fingerprint density at radius 1 is 0.947 bits per heavy atom. The van der Waals surface area contributed by atoms with Crippen molar-refractivity contribution in [1.82, 2.24) is 0 Å². The summed E-state index contributed by atoms with van der Waals surface area (Å²) >= 11 is 0. The third-order valence-corrected chi connectivity index (χ3v) is 3.87. The highest BCUT2D eigenvalue weighted by Gasteiger charge is 2.10. The van der Waals surface area contributed by atoms with E-state index in [1.54, 1.807) is 0 Å². The minimum absolute atomic E-state index is 0.282. The van der Waals surface area contributed by atoms with E-state index in [1.807, 2.05) is 0 Å². The van der Waals surface area contributed by atoms with Gasteiger partial charge in [0.1, 0.15) is 0 Å². The van der Waals surface area contributed by atoms with Gasteiger partial charge in [-0.3, -0.25) is 0 Å². The molecule has 0 aromatic heterocycles. The van der Waals surface area contributed by atoms with Crippen molar-refractivity contribution in [3.63, 3.8) is 0 Å². The number of aliphatic hydroxyl groups excluding tert-OH is 1. The summed E-state index contributed by atoms with van der Waals surface area (Å²) < 4.78 is 0. The second kappa shape index (κ2) is 9.14. The molecular weight excluding hydrogens is 232 g/mol. The van der Waals surface area contributed by atoms with Gasteiger partial charge in [0.25, 0.3) is 0 Å². The van der Waals surface area contributed by atoms with Gasteiger partial charge in [-0.2, -0.15) is 0 Å². The lowest BCUT2D eigenvalue weighted by molar-refractivity contribution is 0.162. The Morgan fingerprint density at radius 3 is 2.26 bits per heavy atom. The molecule has 0 saturated heterocycles. The van der Waals surface area contributed by atoms with E-state index in [9.17, 15) is 5.11 Å². The van der Waals surface area contributed by atoms with Gasteiger partial charge in [-0.25, -0.2) is 0 Å². The van der Waals surface area contributed by atoms with Crippen molar-refractivity contribution in [2.45, 2.75) is 78.2 Å². The van der Waals surface area contributed by atoms with Crippen LogP contribution < -0.4 is 0 Å². The molecule has 1 N–H and O–H groups in total. The van der Waals surface area contributed by atoms with E-state index >= 15 is 0 Å². The van der Waals surface area contributed by atoms with Gasteiger partial charge in [-0.05, 0) is 31.4 Å². The summed E-state index contributed by atoms with van der Waals surface area (Å²) in [6, 6.07) is 6.35. The fourth-order valence-electron chi connectivity index (χ4n) is 2.57. The third-order valence-electron chi connectivity index (χ3n) is 3.87. The Labute approximate surface area is 119 Å². The van der Waals surface area contributed by atoms with Crippen molar-refractivity contribution in [2.24, 2.45) is 0 Å². The number of benzene rings is 1. The van der Waals surface area contributed by atoms with Crippen LogP contribution in [0.4, 0.5) is 0 Å². The minimum atomic E-state index is -0.282. The second-order valence-electron chi connectivity index (χ2n) is 5.79. The molecule has 1 atom stereocenters. The SMILES string of the molecule is CCCCCCCCCC(O)c1cc(C)ccc1C. The fourth-order valence-corrected chi connectivity index (χ4v) is 2.57. The van der Waals surface area contributed by atoms with E-state index in [-0.39, 0.29) is 6.10 Å². The van der Waals surface area contributed by atoms with E-state index < -0.39 is 0 Å². The molecule has 19 heavy (non-hydrogen) atoms. The van der Waals surface area contributed by atoms with Crippen LogP contribution in [0.3, 0.4) is 0 Å². The highest BCUT2D eigenvalue weighted by molar-refractivity contribution is 5.32. The van der Waals surface area contributed by atoms with Gasteiger partial charge in [-0.1, -0.05) is 75.6 Å². The normalized spacial score (nSPS) is 12.6. The molecule has 0 fully saturated rings. The third kappa shape index (κ3) is 6.24. The maximum atomic E-state index is 10.3. The summed E-state index contributed by atoms with van der Waals surface area (Å²) in [4.78, 5) is 0. The first-order chi connectivity index (χ1) is 9.15. The molecule has 1 aromatic carbocycles. The Balaban J connectivity index is 2.23. The molecule has 1 rings (SSSR count). The van der Waals surface area contributed by atoms with E-state index in [4.69, 9.17) is 0 Å². The lowest BCUT2D eigenvalue weighted by Gasteiger charge is -2.14. The van der Waals surface area contributed by atoms with Crippen LogP contribution in [-0.4, -0.2) is 5.11 Å². The van der Waals surface area contributed by atoms with Crippen molar-refractivity contribution in [1.29, 1.82) is 0 Å². The van der Waals surface area contributed by atoms with Crippen LogP contribution in [0.5, 0.6) is 0 Å². The number of hydrogen-bond acceptors (Lipinski definition) is 1. The summed E-state index contributed by atoms with van der Waals surface area (Å²) in [6.45, 7) is 6.42. The Hall–Kier alpha value is -0.820. The summed E-state index contributed by atoms with van der Waals surface area (Å²) in [5.74, 6) is 0. The van der Waals surface area contributed by atoms with Gasteiger partial charge in [0, 0.05) is 0 Å². The molecule has 0 saturated carbocycles.